The molecule has 3 rings (SSSR count). The number of methoxy groups -OCH3 is 3. The third-order valence-electron chi connectivity index (χ3n) is 5.08. The summed E-state index contributed by atoms with van der Waals surface area (Å²) in [5, 5.41) is 7.24. The van der Waals surface area contributed by atoms with Crippen molar-refractivity contribution in [3.8, 4) is 17.2 Å². The SMILES string of the molecule is COc1cccc(CN(CC2CC(c3ccc(OC)c(OC)c3)=NO2)C(=O)NC(C)C)c1. The van der Waals surface area contributed by atoms with Gasteiger partial charge in [0.05, 0.1) is 33.6 Å². The molecule has 0 bridgehead atoms. The van der Waals surface area contributed by atoms with Crippen molar-refractivity contribution in [2.75, 3.05) is 27.9 Å². The van der Waals surface area contributed by atoms with E-state index >= 15 is 0 Å². The average molecular weight is 442 g/mol. The Hall–Kier alpha value is -3.42. The van der Waals surface area contributed by atoms with E-state index in [2.05, 4.69) is 10.5 Å². The summed E-state index contributed by atoms with van der Waals surface area (Å²) in [5.41, 5.74) is 2.68. The Morgan fingerprint density at radius 1 is 1.12 bits per heavy atom. The summed E-state index contributed by atoms with van der Waals surface area (Å²) in [6, 6.07) is 13.2. The maximum absolute atomic E-state index is 12.9. The molecule has 8 heteroatoms. The molecule has 0 spiro atoms. The minimum absolute atomic E-state index is 0.0263. The third-order valence-corrected chi connectivity index (χ3v) is 5.08. The van der Waals surface area contributed by atoms with E-state index in [0.29, 0.717) is 31.0 Å². The molecule has 0 radical (unpaired) electrons. The predicted octanol–water partition coefficient (Wildman–Crippen LogP) is 3.83. The normalized spacial score (nSPS) is 15.1. The van der Waals surface area contributed by atoms with E-state index in [-0.39, 0.29) is 18.2 Å². The van der Waals surface area contributed by atoms with E-state index < -0.39 is 0 Å². The zero-order chi connectivity index (χ0) is 23.1. The number of ether oxygens (including phenoxy) is 3. The quantitative estimate of drug-likeness (QED) is 0.640. The molecule has 172 valence electrons. The number of urea groups is 1. The average Bonchev–Trinajstić information content (AvgIpc) is 3.26. The van der Waals surface area contributed by atoms with Crippen LogP contribution in [0.4, 0.5) is 4.79 Å². The predicted molar refractivity (Wildman–Crippen MR) is 123 cm³/mol. The summed E-state index contributed by atoms with van der Waals surface area (Å²) in [7, 11) is 4.83. The molecule has 32 heavy (non-hydrogen) atoms. The lowest BCUT2D eigenvalue weighted by molar-refractivity contribution is 0.0586. The van der Waals surface area contributed by atoms with Crippen LogP contribution in [0, 0.1) is 0 Å². The lowest BCUT2D eigenvalue weighted by Crippen LogP contribution is -2.45. The second kappa shape index (κ2) is 10.7. The number of nitrogens with one attached hydrogen (secondary N) is 1. The molecule has 1 aliphatic rings. The van der Waals surface area contributed by atoms with E-state index in [0.717, 1.165) is 22.6 Å². The van der Waals surface area contributed by atoms with Crippen LogP contribution in [0.2, 0.25) is 0 Å². The van der Waals surface area contributed by atoms with Crippen molar-refractivity contribution in [1.29, 1.82) is 0 Å². The van der Waals surface area contributed by atoms with Crippen molar-refractivity contribution in [3.63, 3.8) is 0 Å². The number of rotatable bonds is 9. The minimum Gasteiger partial charge on any atom is -0.497 e. The van der Waals surface area contributed by atoms with Crippen LogP contribution in [-0.2, 0) is 11.4 Å². The van der Waals surface area contributed by atoms with Crippen LogP contribution >= 0.6 is 0 Å². The second-order valence-electron chi connectivity index (χ2n) is 7.88. The number of carbonyl (C=O) groups is 1. The van der Waals surface area contributed by atoms with E-state index in [4.69, 9.17) is 19.0 Å². The molecule has 1 N–H and O–H groups in total. The van der Waals surface area contributed by atoms with Gasteiger partial charge in [0.2, 0.25) is 0 Å². The zero-order valence-electron chi connectivity index (χ0n) is 19.3. The third kappa shape index (κ3) is 5.84. The molecule has 0 saturated carbocycles. The second-order valence-corrected chi connectivity index (χ2v) is 7.88. The Balaban J connectivity index is 1.71. The highest BCUT2D eigenvalue weighted by Gasteiger charge is 2.27. The molecule has 0 aromatic heterocycles. The number of nitrogens with zero attached hydrogens (tertiary/aromatic N) is 2. The van der Waals surface area contributed by atoms with Crippen molar-refractivity contribution < 1.29 is 23.8 Å². The molecule has 0 aliphatic carbocycles. The standard InChI is InChI=1S/C24H31N3O5/c1-16(2)25-24(28)27(14-17-7-6-8-19(11-17)29-3)15-20-13-21(26-32-20)18-9-10-22(30-4)23(12-18)31-5/h6-12,16,20H,13-15H2,1-5H3,(H,25,28). The van der Waals surface area contributed by atoms with Gasteiger partial charge in [0.25, 0.3) is 0 Å². The molecule has 2 aromatic carbocycles. The molecule has 8 nitrogen and oxygen atoms in total. The van der Waals surface area contributed by atoms with Crippen LogP contribution in [0.25, 0.3) is 0 Å². The fraction of sp³-hybridized carbons (Fsp3) is 0.417. The monoisotopic (exact) mass is 441 g/mol. The summed E-state index contributed by atoms with van der Waals surface area (Å²) in [6.07, 6.45) is 0.334. The van der Waals surface area contributed by atoms with Gasteiger partial charge in [-0.1, -0.05) is 17.3 Å². The Morgan fingerprint density at radius 3 is 2.59 bits per heavy atom. The van der Waals surface area contributed by atoms with Crippen molar-refractivity contribution in [2.45, 2.75) is 39.0 Å². The van der Waals surface area contributed by atoms with Crippen molar-refractivity contribution in [2.24, 2.45) is 5.16 Å². The maximum atomic E-state index is 12.9. The van der Waals surface area contributed by atoms with E-state index in [1.54, 1.807) is 26.2 Å². The molecule has 1 aliphatic heterocycles. The van der Waals surface area contributed by atoms with Gasteiger partial charge < -0.3 is 29.3 Å². The van der Waals surface area contributed by atoms with Crippen LogP contribution in [0.3, 0.4) is 0 Å². The van der Waals surface area contributed by atoms with Gasteiger partial charge >= 0.3 is 6.03 Å². The van der Waals surface area contributed by atoms with Gasteiger partial charge in [-0.15, -0.1) is 0 Å². The summed E-state index contributed by atoms with van der Waals surface area (Å²) < 4.78 is 16.0. The van der Waals surface area contributed by atoms with Crippen molar-refractivity contribution >= 4 is 11.7 Å². The Morgan fingerprint density at radius 2 is 1.91 bits per heavy atom. The molecular formula is C24H31N3O5. The van der Waals surface area contributed by atoms with Gasteiger partial charge in [-0.2, -0.15) is 0 Å². The van der Waals surface area contributed by atoms with E-state index in [9.17, 15) is 4.79 Å². The van der Waals surface area contributed by atoms with Gasteiger partial charge in [0.1, 0.15) is 5.75 Å². The zero-order valence-corrected chi connectivity index (χ0v) is 19.3. The first-order chi connectivity index (χ1) is 15.4. The van der Waals surface area contributed by atoms with Crippen LogP contribution in [0.1, 0.15) is 31.4 Å². The Labute approximate surface area is 189 Å². The van der Waals surface area contributed by atoms with Crippen LogP contribution in [0.5, 0.6) is 17.2 Å². The number of benzene rings is 2. The maximum Gasteiger partial charge on any atom is 0.318 e. The molecule has 0 saturated heterocycles. The molecular weight excluding hydrogens is 410 g/mol. The highest BCUT2D eigenvalue weighted by molar-refractivity contribution is 6.01. The van der Waals surface area contributed by atoms with E-state index in [1.165, 1.54) is 0 Å². The Kier molecular flexibility index (Phi) is 7.81. The van der Waals surface area contributed by atoms with Gasteiger partial charge in [-0.05, 0) is 49.7 Å². The molecule has 1 atom stereocenters. The number of hydrogen-bond donors (Lipinski definition) is 1. The van der Waals surface area contributed by atoms with Crippen molar-refractivity contribution in [1.82, 2.24) is 10.2 Å². The largest absolute Gasteiger partial charge is 0.497 e. The van der Waals surface area contributed by atoms with E-state index in [1.807, 2.05) is 56.3 Å². The minimum atomic E-state index is -0.249. The van der Waals surface area contributed by atoms with Crippen LogP contribution < -0.4 is 19.5 Å². The number of oxime groups is 1. The topological polar surface area (TPSA) is 81.6 Å². The number of carbonyl (C=O) groups excluding carboxylic acids is 1. The first kappa shape index (κ1) is 23.2. The number of amides is 2. The fourth-order valence-corrected chi connectivity index (χ4v) is 3.51. The van der Waals surface area contributed by atoms with Crippen LogP contribution in [-0.4, -0.2) is 56.7 Å². The van der Waals surface area contributed by atoms with Gasteiger partial charge in [0, 0.05) is 24.6 Å². The summed E-state index contributed by atoms with van der Waals surface area (Å²) in [6.45, 7) is 4.70. The van der Waals surface area contributed by atoms with Gasteiger partial charge in [0.15, 0.2) is 17.6 Å². The smallest absolute Gasteiger partial charge is 0.318 e. The van der Waals surface area contributed by atoms with Gasteiger partial charge in [-0.3, -0.25) is 0 Å². The highest BCUT2D eigenvalue weighted by atomic mass is 16.6. The molecule has 1 heterocycles. The Bertz CT molecular complexity index is 960. The van der Waals surface area contributed by atoms with Gasteiger partial charge in [-0.25, -0.2) is 4.79 Å². The molecule has 0 fully saturated rings. The molecule has 2 aromatic rings. The fourth-order valence-electron chi connectivity index (χ4n) is 3.51. The van der Waals surface area contributed by atoms with Crippen molar-refractivity contribution in [3.05, 3.63) is 53.6 Å². The van der Waals surface area contributed by atoms with Crippen LogP contribution in [0.15, 0.2) is 47.6 Å². The molecule has 1 unspecified atom stereocenters. The first-order valence-corrected chi connectivity index (χ1v) is 10.6. The summed E-state index contributed by atoms with van der Waals surface area (Å²) >= 11 is 0. The molecule has 2 amide bonds. The lowest BCUT2D eigenvalue weighted by atomic mass is 10.0. The summed E-state index contributed by atoms with van der Waals surface area (Å²) in [5.74, 6) is 2.04. The highest BCUT2D eigenvalue weighted by Crippen LogP contribution is 2.29. The first-order valence-electron chi connectivity index (χ1n) is 10.6. The number of hydrogen-bond acceptors (Lipinski definition) is 6. The summed E-state index contributed by atoms with van der Waals surface area (Å²) in [4.78, 5) is 20.3. The lowest BCUT2D eigenvalue weighted by Gasteiger charge is -2.26.